The van der Waals surface area contributed by atoms with Crippen molar-refractivity contribution >= 4 is 35.0 Å². The number of carbonyl (C=O) groups is 4. The molecule has 1 aromatic heterocycles. The second kappa shape index (κ2) is 20.3. The maximum Gasteiger partial charge on any atom is 0.245 e. The van der Waals surface area contributed by atoms with Crippen LogP contribution in [-0.2, 0) is 35.1 Å². The first-order valence-corrected chi connectivity index (χ1v) is 19.9. The van der Waals surface area contributed by atoms with Crippen LogP contribution < -0.4 is 16.4 Å². The Morgan fingerprint density at radius 2 is 1.72 bits per heavy atom. The van der Waals surface area contributed by atoms with E-state index in [1.165, 1.54) is 11.3 Å². The second-order valence-electron chi connectivity index (χ2n) is 15.3. The third-order valence-electron chi connectivity index (χ3n) is 10.7. The molecule has 2 heterocycles. The van der Waals surface area contributed by atoms with E-state index in [4.69, 9.17) is 15.2 Å². The van der Waals surface area contributed by atoms with Crippen molar-refractivity contribution < 1.29 is 28.7 Å². The SMILES string of the molecule is CCC(CC)C(C(CC(=O)N1CCCC1C(OC)C(C)C(=O)NC(Cc1ccccc1)c1nccs1)OC)N(C)C(=O)C(NC(=O)C(C)(C)N)C(C)C. The van der Waals surface area contributed by atoms with E-state index in [1.54, 1.807) is 46.2 Å². The number of benzene rings is 1. The summed E-state index contributed by atoms with van der Waals surface area (Å²) >= 11 is 1.50. The Bertz CT molecular complexity index is 1450. The summed E-state index contributed by atoms with van der Waals surface area (Å²) < 4.78 is 12.1. The largest absolute Gasteiger partial charge is 0.379 e. The molecule has 1 aliphatic rings. The van der Waals surface area contributed by atoms with Gasteiger partial charge >= 0.3 is 0 Å². The molecule has 0 saturated carbocycles. The van der Waals surface area contributed by atoms with Crippen molar-refractivity contribution in [1.82, 2.24) is 25.4 Å². The van der Waals surface area contributed by atoms with Crippen LogP contribution in [0.1, 0.15) is 97.2 Å². The molecular formula is C40H64N6O6S. The second-order valence-corrected chi connectivity index (χ2v) is 16.2. The normalized spacial score (nSPS) is 18.3. The number of hydrogen-bond acceptors (Lipinski definition) is 9. The molecule has 0 bridgehead atoms. The van der Waals surface area contributed by atoms with Crippen LogP contribution in [0.5, 0.6) is 0 Å². The molecule has 0 spiro atoms. The number of likely N-dealkylation sites (N-methyl/N-ethyl adjacent to an activating group) is 1. The lowest BCUT2D eigenvalue weighted by Crippen LogP contribution is -2.60. The van der Waals surface area contributed by atoms with Gasteiger partial charge in [0.2, 0.25) is 23.6 Å². The lowest BCUT2D eigenvalue weighted by Gasteiger charge is -2.41. The number of likely N-dealkylation sites (tertiary alicyclic amines) is 1. The molecule has 53 heavy (non-hydrogen) atoms. The molecule has 7 unspecified atom stereocenters. The first-order chi connectivity index (χ1) is 25.1. The third-order valence-corrected chi connectivity index (χ3v) is 11.6. The molecule has 0 aliphatic carbocycles. The van der Waals surface area contributed by atoms with E-state index in [9.17, 15) is 19.2 Å². The smallest absolute Gasteiger partial charge is 0.245 e. The van der Waals surface area contributed by atoms with Gasteiger partial charge in [0.15, 0.2) is 0 Å². The number of amides is 4. The van der Waals surface area contributed by atoms with Crippen LogP contribution in [0.4, 0.5) is 0 Å². The summed E-state index contributed by atoms with van der Waals surface area (Å²) in [4.78, 5) is 63.1. The zero-order chi connectivity index (χ0) is 39.5. The molecular weight excluding hydrogens is 693 g/mol. The standard InChI is InChI=1S/C40H64N6O6S/c1-11-28(12-2)34(45(8)38(49)33(25(3)4)44-39(50)40(6,7)41)31(51-9)24-32(47)46-21-16-19-30(46)35(52-10)26(5)36(48)43-29(37-42-20-22-53-37)23-27-17-14-13-15-18-27/h13-15,17-18,20,22,25-26,28-31,33-35H,11-12,16,19,21,23-24,41H2,1-10H3,(H,43,48)(H,44,50). The Morgan fingerprint density at radius 1 is 1.06 bits per heavy atom. The van der Waals surface area contributed by atoms with Gasteiger partial charge in [0.1, 0.15) is 11.0 Å². The summed E-state index contributed by atoms with van der Waals surface area (Å²) in [6.07, 6.45) is 4.22. The minimum atomic E-state index is -1.15. The predicted molar refractivity (Wildman–Crippen MR) is 209 cm³/mol. The first-order valence-electron chi connectivity index (χ1n) is 19.0. The van der Waals surface area contributed by atoms with Crippen molar-refractivity contribution in [2.75, 3.05) is 27.8 Å². The van der Waals surface area contributed by atoms with Crippen molar-refractivity contribution in [2.24, 2.45) is 23.5 Å². The maximum atomic E-state index is 14.3. The van der Waals surface area contributed by atoms with Crippen LogP contribution >= 0.6 is 11.3 Å². The average Bonchev–Trinajstić information content (AvgIpc) is 3.85. The van der Waals surface area contributed by atoms with Crippen molar-refractivity contribution in [2.45, 2.75) is 129 Å². The van der Waals surface area contributed by atoms with Gasteiger partial charge in [0, 0.05) is 39.4 Å². The van der Waals surface area contributed by atoms with Crippen molar-refractivity contribution in [1.29, 1.82) is 0 Å². The van der Waals surface area contributed by atoms with Gasteiger partial charge in [-0.15, -0.1) is 11.3 Å². The molecule has 2 aromatic rings. The zero-order valence-electron chi connectivity index (χ0n) is 33.5. The van der Waals surface area contributed by atoms with Gasteiger partial charge in [0.05, 0.1) is 48.2 Å². The van der Waals surface area contributed by atoms with Crippen molar-refractivity contribution in [3.05, 3.63) is 52.5 Å². The van der Waals surface area contributed by atoms with E-state index < -0.39 is 41.7 Å². The highest BCUT2D eigenvalue weighted by Crippen LogP contribution is 2.31. The lowest BCUT2D eigenvalue weighted by molar-refractivity contribution is -0.148. The van der Waals surface area contributed by atoms with Gasteiger partial charge < -0.3 is 35.6 Å². The number of nitrogens with one attached hydrogen (secondary N) is 2. The lowest BCUT2D eigenvalue weighted by atomic mass is 9.86. The molecule has 1 saturated heterocycles. The maximum absolute atomic E-state index is 14.3. The van der Waals surface area contributed by atoms with E-state index in [2.05, 4.69) is 29.5 Å². The van der Waals surface area contributed by atoms with E-state index in [-0.39, 0.29) is 48.1 Å². The molecule has 4 amide bonds. The van der Waals surface area contributed by atoms with E-state index in [1.807, 2.05) is 61.4 Å². The van der Waals surface area contributed by atoms with Crippen LogP contribution in [-0.4, -0.2) is 102 Å². The van der Waals surface area contributed by atoms with Crippen LogP contribution in [0, 0.1) is 17.8 Å². The van der Waals surface area contributed by atoms with Crippen LogP contribution in [0.15, 0.2) is 41.9 Å². The highest BCUT2D eigenvalue weighted by molar-refractivity contribution is 7.09. The minimum Gasteiger partial charge on any atom is -0.379 e. The summed E-state index contributed by atoms with van der Waals surface area (Å²) in [6, 6.07) is 8.13. The predicted octanol–water partition coefficient (Wildman–Crippen LogP) is 4.73. The quantitative estimate of drug-likeness (QED) is 0.175. The summed E-state index contributed by atoms with van der Waals surface area (Å²) in [7, 11) is 4.90. The Hall–Kier alpha value is -3.39. The number of aromatic nitrogens is 1. The number of ether oxygens (including phenoxy) is 2. The number of hydrogen-bond donors (Lipinski definition) is 3. The molecule has 12 nitrogen and oxygen atoms in total. The van der Waals surface area contributed by atoms with E-state index >= 15 is 0 Å². The molecule has 3 rings (SSSR count). The summed E-state index contributed by atoms with van der Waals surface area (Å²) in [5, 5.41) is 8.82. The minimum absolute atomic E-state index is 0.0302. The summed E-state index contributed by atoms with van der Waals surface area (Å²) in [6.45, 7) is 13.5. The van der Waals surface area contributed by atoms with Gasteiger partial charge in [-0.2, -0.15) is 0 Å². The Kier molecular flexibility index (Phi) is 16.9. The molecule has 13 heteroatoms. The first kappa shape index (κ1) is 44.0. The van der Waals surface area contributed by atoms with Crippen molar-refractivity contribution in [3.63, 3.8) is 0 Å². The van der Waals surface area contributed by atoms with Gasteiger partial charge in [0.25, 0.3) is 0 Å². The molecule has 1 fully saturated rings. The molecule has 4 N–H and O–H groups in total. The molecule has 296 valence electrons. The topological polar surface area (TPSA) is 156 Å². The fraction of sp³-hybridized carbons (Fsp3) is 0.675. The Balaban J connectivity index is 1.81. The fourth-order valence-corrected chi connectivity index (χ4v) is 8.22. The third kappa shape index (κ3) is 11.6. The number of methoxy groups -OCH3 is 2. The number of carbonyl (C=O) groups excluding carboxylic acids is 4. The van der Waals surface area contributed by atoms with Crippen LogP contribution in [0.3, 0.4) is 0 Å². The Labute approximate surface area is 320 Å². The molecule has 7 atom stereocenters. The number of nitrogens with zero attached hydrogens (tertiary/aromatic N) is 3. The van der Waals surface area contributed by atoms with Gasteiger partial charge in [-0.3, -0.25) is 19.2 Å². The molecule has 0 radical (unpaired) electrons. The van der Waals surface area contributed by atoms with Gasteiger partial charge in [-0.05, 0) is 50.5 Å². The van der Waals surface area contributed by atoms with E-state index in [0.29, 0.717) is 19.4 Å². The molecule has 1 aliphatic heterocycles. The zero-order valence-corrected chi connectivity index (χ0v) is 34.3. The Morgan fingerprint density at radius 3 is 2.25 bits per heavy atom. The van der Waals surface area contributed by atoms with Gasteiger partial charge in [-0.1, -0.05) is 77.8 Å². The van der Waals surface area contributed by atoms with Crippen molar-refractivity contribution in [3.8, 4) is 0 Å². The average molecular weight is 757 g/mol. The highest BCUT2D eigenvalue weighted by atomic mass is 32.1. The summed E-state index contributed by atoms with van der Waals surface area (Å²) in [5.41, 5.74) is 5.99. The molecule has 1 aromatic carbocycles. The summed E-state index contributed by atoms with van der Waals surface area (Å²) in [5.74, 6) is -1.69. The number of thiazole rings is 1. The highest BCUT2D eigenvalue weighted by Gasteiger charge is 2.43. The van der Waals surface area contributed by atoms with Crippen LogP contribution in [0.2, 0.25) is 0 Å². The monoisotopic (exact) mass is 756 g/mol. The van der Waals surface area contributed by atoms with Gasteiger partial charge in [-0.25, -0.2) is 4.98 Å². The number of rotatable bonds is 20. The van der Waals surface area contributed by atoms with Crippen LogP contribution in [0.25, 0.3) is 0 Å². The number of nitrogens with two attached hydrogens (primary N) is 1. The van der Waals surface area contributed by atoms with E-state index in [0.717, 1.165) is 29.8 Å². The fourth-order valence-electron chi connectivity index (χ4n) is 7.53.